The maximum atomic E-state index is 13.3. The van der Waals surface area contributed by atoms with Crippen molar-refractivity contribution in [2.45, 2.75) is 27.3 Å². The molecule has 0 N–H and O–H groups in total. The third-order valence-electron chi connectivity index (χ3n) is 4.20. The van der Waals surface area contributed by atoms with Gasteiger partial charge in [0.05, 0.1) is 12.2 Å². The third-order valence-corrected chi connectivity index (χ3v) is 4.20. The molecule has 4 heteroatoms. The van der Waals surface area contributed by atoms with E-state index in [-0.39, 0.29) is 17.9 Å². The molecule has 0 saturated carbocycles. The number of hydrogen-bond donors (Lipinski definition) is 0. The Morgan fingerprint density at radius 3 is 2.46 bits per heavy atom. The molecular weight excluding hydrogens is 303 g/mol. The molecule has 122 valence electrons. The van der Waals surface area contributed by atoms with Crippen LogP contribution in [0.2, 0.25) is 0 Å². The van der Waals surface area contributed by atoms with E-state index in [1.807, 2.05) is 6.92 Å². The molecule has 0 unspecified atom stereocenters. The first-order valence-corrected chi connectivity index (χ1v) is 7.85. The van der Waals surface area contributed by atoms with Gasteiger partial charge in [-0.1, -0.05) is 18.2 Å². The molecule has 0 amide bonds. The number of nitrogens with zero attached hydrogens (tertiary/aromatic N) is 2. The maximum absolute atomic E-state index is 13.3. The van der Waals surface area contributed by atoms with Crippen LogP contribution in [0.25, 0.3) is 11.3 Å². The van der Waals surface area contributed by atoms with Crippen molar-refractivity contribution in [2.75, 3.05) is 0 Å². The predicted molar refractivity (Wildman–Crippen MR) is 93.6 cm³/mol. The molecule has 0 spiro atoms. The van der Waals surface area contributed by atoms with Gasteiger partial charge >= 0.3 is 0 Å². The minimum atomic E-state index is -0.318. The number of aryl methyl sites for hydroxylation is 3. The monoisotopic (exact) mass is 322 g/mol. The molecule has 2 aromatic carbocycles. The first-order valence-electron chi connectivity index (χ1n) is 7.85. The Morgan fingerprint density at radius 1 is 0.958 bits per heavy atom. The van der Waals surface area contributed by atoms with Crippen LogP contribution >= 0.6 is 0 Å². The van der Waals surface area contributed by atoms with Crippen LogP contribution in [0.4, 0.5) is 4.39 Å². The Bertz CT molecular complexity index is 960. The number of hydrogen-bond acceptors (Lipinski definition) is 2. The lowest BCUT2D eigenvalue weighted by atomic mass is 9.99. The molecule has 0 aliphatic carbocycles. The van der Waals surface area contributed by atoms with Crippen molar-refractivity contribution in [3.63, 3.8) is 0 Å². The van der Waals surface area contributed by atoms with E-state index in [0.717, 1.165) is 16.8 Å². The van der Waals surface area contributed by atoms with Gasteiger partial charge in [0.15, 0.2) is 0 Å². The lowest BCUT2D eigenvalue weighted by Gasteiger charge is -2.11. The molecule has 1 heterocycles. The summed E-state index contributed by atoms with van der Waals surface area (Å²) in [6.45, 7) is 6.41. The summed E-state index contributed by atoms with van der Waals surface area (Å²) in [5.74, 6) is -0.318. The average molecular weight is 322 g/mol. The summed E-state index contributed by atoms with van der Waals surface area (Å²) in [5, 5.41) is 4.48. The van der Waals surface area contributed by atoms with Crippen LogP contribution in [0, 0.1) is 26.6 Å². The van der Waals surface area contributed by atoms with Gasteiger partial charge in [0.1, 0.15) is 5.82 Å². The van der Waals surface area contributed by atoms with Gasteiger partial charge in [0, 0.05) is 11.6 Å². The Labute approximate surface area is 140 Å². The summed E-state index contributed by atoms with van der Waals surface area (Å²) in [6, 6.07) is 13.7. The van der Waals surface area contributed by atoms with Gasteiger partial charge in [0.2, 0.25) is 0 Å². The summed E-state index contributed by atoms with van der Waals surface area (Å²) in [5.41, 5.74) is 5.77. The fourth-order valence-electron chi connectivity index (χ4n) is 2.75. The van der Waals surface area contributed by atoms with Crippen molar-refractivity contribution in [3.8, 4) is 11.3 Å². The van der Waals surface area contributed by atoms with Gasteiger partial charge < -0.3 is 0 Å². The maximum Gasteiger partial charge on any atom is 0.267 e. The number of aromatic nitrogens is 2. The quantitative estimate of drug-likeness (QED) is 0.730. The van der Waals surface area contributed by atoms with Crippen LogP contribution in [0.15, 0.2) is 53.3 Å². The summed E-state index contributed by atoms with van der Waals surface area (Å²) >= 11 is 0. The van der Waals surface area contributed by atoms with Crippen molar-refractivity contribution in [3.05, 3.63) is 87.0 Å². The summed E-state index contributed by atoms with van der Waals surface area (Å²) in [4.78, 5) is 12.1. The number of rotatable bonds is 3. The highest BCUT2D eigenvalue weighted by Gasteiger charge is 2.09. The van der Waals surface area contributed by atoms with Crippen LogP contribution in [0.3, 0.4) is 0 Å². The Hall–Kier alpha value is -2.75. The molecule has 0 aliphatic rings. The number of halogens is 1. The molecule has 3 nitrogen and oxygen atoms in total. The Kier molecular flexibility index (Phi) is 4.30. The smallest absolute Gasteiger partial charge is 0.267 e. The van der Waals surface area contributed by atoms with Gasteiger partial charge in [-0.3, -0.25) is 4.79 Å². The molecule has 3 rings (SSSR count). The molecule has 0 radical (unpaired) electrons. The lowest BCUT2D eigenvalue weighted by Crippen LogP contribution is -2.23. The Balaban J connectivity index is 2.03. The highest BCUT2D eigenvalue weighted by Crippen LogP contribution is 2.24. The summed E-state index contributed by atoms with van der Waals surface area (Å²) in [7, 11) is 0. The van der Waals surface area contributed by atoms with E-state index in [4.69, 9.17) is 0 Å². The van der Waals surface area contributed by atoms with Crippen LogP contribution in [0.1, 0.15) is 22.3 Å². The molecule has 0 atom stereocenters. The third kappa shape index (κ3) is 3.27. The van der Waals surface area contributed by atoms with E-state index in [9.17, 15) is 9.18 Å². The Morgan fingerprint density at radius 2 is 1.71 bits per heavy atom. The summed E-state index contributed by atoms with van der Waals surface area (Å²) in [6.07, 6.45) is 0. The van der Waals surface area contributed by atoms with Crippen molar-refractivity contribution in [1.29, 1.82) is 0 Å². The second-order valence-corrected chi connectivity index (χ2v) is 6.10. The molecule has 1 aromatic heterocycles. The SMILES string of the molecule is Cc1cc(C)c(-c2ccc(=O)n(Cc3cccc(F)c3)n2)cc1C. The van der Waals surface area contributed by atoms with Crippen LogP contribution < -0.4 is 5.56 Å². The predicted octanol–water partition coefficient (Wildman–Crippen LogP) is 4.02. The molecule has 0 bridgehead atoms. The van der Waals surface area contributed by atoms with Crippen molar-refractivity contribution in [2.24, 2.45) is 0 Å². The van der Waals surface area contributed by atoms with Crippen molar-refractivity contribution >= 4 is 0 Å². The minimum Gasteiger partial charge on any atom is -0.268 e. The fraction of sp³-hybridized carbons (Fsp3) is 0.200. The van der Waals surface area contributed by atoms with E-state index in [2.05, 4.69) is 31.1 Å². The molecule has 0 aliphatic heterocycles. The lowest BCUT2D eigenvalue weighted by molar-refractivity contribution is 0.611. The standard InChI is InChI=1S/C20H19FN2O/c1-13-9-15(3)18(10-14(13)2)19-7-8-20(24)23(22-19)12-16-5-4-6-17(21)11-16/h4-11H,12H2,1-3H3. The van der Waals surface area contributed by atoms with Crippen molar-refractivity contribution in [1.82, 2.24) is 9.78 Å². The highest BCUT2D eigenvalue weighted by molar-refractivity contribution is 5.64. The molecule has 0 fully saturated rings. The second kappa shape index (κ2) is 6.40. The fourth-order valence-corrected chi connectivity index (χ4v) is 2.75. The van der Waals surface area contributed by atoms with Gasteiger partial charge in [0.25, 0.3) is 5.56 Å². The first-order chi connectivity index (χ1) is 11.4. The normalized spacial score (nSPS) is 10.8. The molecule has 0 saturated heterocycles. The largest absolute Gasteiger partial charge is 0.268 e. The van der Waals surface area contributed by atoms with Gasteiger partial charge in [-0.2, -0.15) is 5.10 Å². The molecule has 3 aromatic rings. The highest BCUT2D eigenvalue weighted by atomic mass is 19.1. The van der Waals surface area contributed by atoms with Gasteiger partial charge in [-0.05, 0) is 67.3 Å². The van der Waals surface area contributed by atoms with E-state index < -0.39 is 0 Å². The second-order valence-electron chi connectivity index (χ2n) is 6.10. The zero-order chi connectivity index (χ0) is 17.3. The van der Waals surface area contributed by atoms with Crippen LogP contribution in [-0.4, -0.2) is 9.78 Å². The minimum absolute atomic E-state index is 0.204. The topological polar surface area (TPSA) is 34.9 Å². The van der Waals surface area contributed by atoms with Gasteiger partial charge in [-0.15, -0.1) is 0 Å². The van der Waals surface area contributed by atoms with E-state index >= 15 is 0 Å². The number of benzene rings is 2. The van der Waals surface area contributed by atoms with Gasteiger partial charge in [-0.25, -0.2) is 9.07 Å². The van der Waals surface area contributed by atoms with Crippen molar-refractivity contribution < 1.29 is 4.39 Å². The zero-order valence-electron chi connectivity index (χ0n) is 14.0. The first kappa shape index (κ1) is 16.1. The molecular formula is C20H19FN2O. The van der Waals surface area contributed by atoms with E-state index in [1.165, 1.54) is 34.0 Å². The summed E-state index contributed by atoms with van der Waals surface area (Å²) < 4.78 is 14.7. The molecule has 24 heavy (non-hydrogen) atoms. The van der Waals surface area contributed by atoms with Crippen LogP contribution in [-0.2, 0) is 6.54 Å². The van der Waals surface area contributed by atoms with E-state index in [1.54, 1.807) is 18.2 Å². The average Bonchev–Trinajstić information content (AvgIpc) is 2.53. The van der Waals surface area contributed by atoms with E-state index in [0.29, 0.717) is 5.56 Å². The zero-order valence-corrected chi connectivity index (χ0v) is 14.0. The van der Waals surface area contributed by atoms with Crippen LogP contribution in [0.5, 0.6) is 0 Å².